The number of nitrogens with zero attached hydrogens (tertiary/aromatic N) is 2. The molecule has 4 rings (SSSR count). The van der Waals surface area contributed by atoms with Crippen molar-refractivity contribution in [3.8, 4) is 0 Å². The summed E-state index contributed by atoms with van der Waals surface area (Å²) in [6.45, 7) is 0. The van der Waals surface area contributed by atoms with Gasteiger partial charge in [-0.3, -0.25) is 9.78 Å². The lowest BCUT2D eigenvalue weighted by Crippen LogP contribution is -2.42. The maximum absolute atomic E-state index is 12.8. The predicted octanol–water partition coefficient (Wildman–Crippen LogP) is 3.21. The van der Waals surface area contributed by atoms with E-state index in [9.17, 15) is 14.7 Å². The lowest BCUT2D eigenvalue weighted by atomic mass is 10.0. The third-order valence-electron chi connectivity index (χ3n) is 4.55. The summed E-state index contributed by atoms with van der Waals surface area (Å²) >= 11 is 0. The minimum Gasteiger partial charge on any atom is -0.480 e. The van der Waals surface area contributed by atoms with Gasteiger partial charge in [-0.05, 0) is 29.0 Å². The molecule has 3 aromatic carbocycles. The minimum atomic E-state index is -1.12. The quantitative estimate of drug-likeness (QED) is 0.562. The highest BCUT2D eigenvalue weighted by Gasteiger charge is 2.23. The second kappa shape index (κ2) is 7.44. The van der Waals surface area contributed by atoms with Gasteiger partial charge in [-0.25, -0.2) is 9.78 Å². The molecule has 0 saturated heterocycles. The number of fused-ring (bicyclic) bond motifs is 2. The van der Waals surface area contributed by atoms with Crippen molar-refractivity contribution in [1.29, 1.82) is 0 Å². The maximum Gasteiger partial charge on any atom is 0.326 e. The molecule has 4 aromatic rings. The van der Waals surface area contributed by atoms with Crippen molar-refractivity contribution in [2.75, 3.05) is 0 Å². The van der Waals surface area contributed by atoms with Crippen molar-refractivity contribution in [1.82, 2.24) is 15.3 Å². The standard InChI is InChI=1S/C22H17N3O3/c26-21(17-9-5-7-14-6-1-2-8-16(14)17)25-20(22(27)28)12-15-13-23-18-10-3-4-11-19(18)24-15/h1-11,13,20H,12H2,(H,25,26)(H,27,28)/t20-/m0/s1. The lowest BCUT2D eigenvalue weighted by Gasteiger charge is -2.15. The molecule has 28 heavy (non-hydrogen) atoms. The Labute approximate surface area is 160 Å². The summed E-state index contributed by atoms with van der Waals surface area (Å²) in [5.41, 5.74) is 2.36. The van der Waals surface area contributed by atoms with Gasteiger partial charge in [0.1, 0.15) is 6.04 Å². The minimum absolute atomic E-state index is 0.0453. The van der Waals surface area contributed by atoms with Gasteiger partial charge in [0.05, 0.1) is 16.7 Å². The van der Waals surface area contributed by atoms with E-state index in [0.29, 0.717) is 16.8 Å². The van der Waals surface area contributed by atoms with Gasteiger partial charge >= 0.3 is 5.97 Å². The molecule has 0 aliphatic carbocycles. The molecule has 0 radical (unpaired) electrons. The molecule has 0 fully saturated rings. The maximum atomic E-state index is 12.8. The Hall–Kier alpha value is -3.80. The van der Waals surface area contributed by atoms with E-state index < -0.39 is 17.9 Å². The number of rotatable bonds is 5. The van der Waals surface area contributed by atoms with Crippen molar-refractivity contribution in [3.05, 3.63) is 84.2 Å². The molecule has 2 N–H and O–H groups in total. The molecule has 0 saturated carbocycles. The molecule has 0 aliphatic heterocycles. The van der Waals surface area contributed by atoms with Crippen LogP contribution in [0.1, 0.15) is 16.1 Å². The molecule has 138 valence electrons. The van der Waals surface area contributed by atoms with Crippen molar-refractivity contribution in [3.63, 3.8) is 0 Å². The van der Waals surface area contributed by atoms with E-state index in [0.717, 1.165) is 16.3 Å². The van der Waals surface area contributed by atoms with Crippen molar-refractivity contribution in [2.24, 2.45) is 0 Å². The van der Waals surface area contributed by atoms with Crippen LogP contribution in [0.3, 0.4) is 0 Å². The van der Waals surface area contributed by atoms with Crippen LogP contribution in [-0.4, -0.2) is 33.0 Å². The van der Waals surface area contributed by atoms with Crippen LogP contribution in [0.2, 0.25) is 0 Å². The fourth-order valence-electron chi connectivity index (χ4n) is 3.16. The topological polar surface area (TPSA) is 92.2 Å². The van der Waals surface area contributed by atoms with Gasteiger partial charge in [-0.2, -0.15) is 0 Å². The lowest BCUT2D eigenvalue weighted by molar-refractivity contribution is -0.139. The van der Waals surface area contributed by atoms with E-state index in [-0.39, 0.29) is 6.42 Å². The molecular weight excluding hydrogens is 354 g/mol. The second-order valence-corrected chi connectivity index (χ2v) is 6.45. The van der Waals surface area contributed by atoms with Crippen molar-refractivity contribution >= 4 is 33.7 Å². The summed E-state index contributed by atoms with van der Waals surface area (Å²) in [7, 11) is 0. The highest BCUT2D eigenvalue weighted by molar-refractivity contribution is 6.07. The van der Waals surface area contributed by atoms with Crippen LogP contribution >= 0.6 is 0 Å². The number of carbonyl (C=O) groups excluding carboxylic acids is 1. The number of benzene rings is 3. The van der Waals surface area contributed by atoms with Crippen LogP contribution in [0.25, 0.3) is 21.8 Å². The highest BCUT2D eigenvalue weighted by atomic mass is 16.4. The molecule has 1 amide bonds. The first-order valence-electron chi connectivity index (χ1n) is 8.84. The summed E-state index contributed by atoms with van der Waals surface area (Å²) in [6, 6.07) is 19.1. The van der Waals surface area contributed by atoms with Crippen LogP contribution in [0, 0.1) is 0 Å². The Morgan fingerprint density at radius 2 is 1.64 bits per heavy atom. The largest absolute Gasteiger partial charge is 0.480 e. The first kappa shape index (κ1) is 17.6. The number of carbonyl (C=O) groups is 2. The van der Waals surface area contributed by atoms with E-state index in [1.807, 2.05) is 54.6 Å². The molecule has 6 heteroatoms. The van der Waals surface area contributed by atoms with Gasteiger partial charge in [0.15, 0.2) is 0 Å². The summed E-state index contributed by atoms with van der Waals surface area (Å²) in [5.74, 6) is -1.55. The number of carboxylic acid groups (broad SMARTS) is 1. The zero-order chi connectivity index (χ0) is 19.5. The van der Waals surface area contributed by atoms with Gasteiger partial charge in [-0.15, -0.1) is 0 Å². The fraction of sp³-hybridized carbons (Fsp3) is 0.0909. The average Bonchev–Trinajstić information content (AvgIpc) is 2.72. The number of hydrogen-bond acceptors (Lipinski definition) is 4. The van der Waals surface area contributed by atoms with Gasteiger partial charge in [0.2, 0.25) is 0 Å². The van der Waals surface area contributed by atoms with E-state index in [1.165, 1.54) is 0 Å². The van der Waals surface area contributed by atoms with Crippen LogP contribution in [-0.2, 0) is 11.2 Å². The normalized spacial score (nSPS) is 12.0. The SMILES string of the molecule is O=C(N[C@@H](Cc1cnc2ccccc2n1)C(=O)O)c1cccc2ccccc12. The summed E-state index contributed by atoms with van der Waals surface area (Å²) < 4.78 is 0. The third kappa shape index (κ3) is 3.53. The predicted molar refractivity (Wildman–Crippen MR) is 106 cm³/mol. The number of hydrogen-bond donors (Lipinski definition) is 2. The van der Waals surface area contributed by atoms with E-state index in [2.05, 4.69) is 15.3 Å². The number of aromatic nitrogens is 2. The van der Waals surface area contributed by atoms with E-state index in [1.54, 1.807) is 18.3 Å². The molecule has 1 heterocycles. The van der Waals surface area contributed by atoms with Crippen LogP contribution < -0.4 is 5.32 Å². The molecule has 1 atom stereocenters. The van der Waals surface area contributed by atoms with Crippen LogP contribution in [0.15, 0.2) is 72.9 Å². The first-order chi connectivity index (χ1) is 13.6. The Morgan fingerprint density at radius 3 is 2.46 bits per heavy atom. The van der Waals surface area contributed by atoms with Gasteiger partial charge in [0.25, 0.3) is 5.91 Å². The third-order valence-corrected chi connectivity index (χ3v) is 4.55. The fourth-order valence-corrected chi connectivity index (χ4v) is 3.16. The summed E-state index contributed by atoms with van der Waals surface area (Å²) in [6.07, 6.45) is 1.59. The van der Waals surface area contributed by atoms with Gasteiger partial charge in [0, 0.05) is 18.2 Å². The highest BCUT2D eigenvalue weighted by Crippen LogP contribution is 2.18. The summed E-state index contributed by atoms with van der Waals surface area (Å²) in [5, 5.41) is 13.9. The Balaban J connectivity index is 1.59. The van der Waals surface area contributed by atoms with E-state index >= 15 is 0 Å². The number of aliphatic carboxylic acids is 1. The molecule has 1 aromatic heterocycles. The number of carboxylic acids is 1. The van der Waals surface area contributed by atoms with Crippen LogP contribution in [0.4, 0.5) is 0 Å². The molecule has 0 unspecified atom stereocenters. The monoisotopic (exact) mass is 371 g/mol. The smallest absolute Gasteiger partial charge is 0.326 e. The molecule has 0 bridgehead atoms. The zero-order valence-electron chi connectivity index (χ0n) is 14.9. The Morgan fingerprint density at radius 1 is 0.929 bits per heavy atom. The summed E-state index contributed by atoms with van der Waals surface area (Å²) in [4.78, 5) is 33.3. The molecule has 0 aliphatic rings. The number of nitrogens with one attached hydrogen (secondary N) is 1. The molecule has 0 spiro atoms. The average molecular weight is 371 g/mol. The van der Waals surface area contributed by atoms with Gasteiger partial charge in [-0.1, -0.05) is 48.5 Å². The zero-order valence-corrected chi connectivity index (χ0v) is 14.9. The van der Waals surface area contributed by atoms with Crippen LogP contribution in [0.5, 0.6) is 0 Å². The van der Waals surface area contributed by atoms with E-state index in [4.69, 9.17) is 0 Å². The van der Waals surface area contributed by atoms with Crippen molar-refractivity contribution in [2.45, 2.75) is 12.5 Å². The second-order valence-electron chi connectivity index (χ2n) is 6.45. The number of amides is 1. The number of para-hydroxylation sites is 2. The Kier molecular flexibility index (Phi) is 4.68. The first-order valence-corrected chi connectivity index (χ1v) is 8.84. The molecule has 6 nitrogen and oxygen atoms in total. The van der Waals surface area contributed by atoms with Crippen molar-refractivity contribution < 1.29 is 14.7 Å². The molecular formula is C22H17N3O3. The Bertz CT molecular complexity index is 1180. The van der Waals surface area contributed by atoms with Gasteiger partial charge < -0.3 is 10.4 Å².